The smallest absolute Gasteiger partial charge is 0.317 e. The predicted molar refractivity (Wildman–Crippen MR) is 80.4 cm³/mol. The number of fused-ring (bicyclic) bond motifs is 1. The number of nitrogens with zero attached hydrogens (tertiary/aromatic N) is 3. The second-order valence-electron chi connectivity index (χ2n) is 4.83. The molecule has 2 aromatic rings. The molecule has 0 aliphatic carbocycles. The quantitative estimate of drug-likeness (QED) is 0.900. The van der Waals surface area contributed by atoms with Gasteiger partial charge in [-0.3, -0.25) is 0 Å². The molecule has 1 fully saturated rings. The largest absolute Gasteiger partial charge is 0.368 e. The monoisotopic (exact) mass is 291 g/mol. The van der Waals surface area contributed by atoms with E-state index in [0.717, 1.165) is 29.1 Å². The van der Waals surface area contributed by atoms with Gasteiger partial charge in [-0.1, -0.05) is 0 Å². The molecule has 106 valence electrons. The molecule has 2 amide bonds. The van der Waals surface area contributed by atoms with Gasteiger partial charge >= 0.3 is 6.03 Å². The summed E-state index contributed by atoms with van der Waals surface area (Å²) in [5.41, 5.74) is 1.23. The molecular weight excluding hydrogens is 274 g/mol. The first-order valence-corrected chi connectivity index (χ1v) is 7.46. The number of urea groups is 1. The number of aryl methyl sites for hydroxylation is 2. The van der Waals surface area contributed by atoms with Gasteiger partial charge in [-0.15, -0.1) is 11.3 Å². The highest BCUT2D eigenvalue weighted by Crippen LogP contribution is 2.32. The number of amides is 2. The molecule has 1 saturated heterocycles. The van der Waals surface area contributed by atoms with Crippen molar-refractivity contribution in [3.8, 4) is 0 Å². The third kappa shape index (κ3) is 2.29. The van der Waals surface area contributed by atoms with Crippen molar-refractivity contribution >= 4 is 33.4 Å². The summed E-state index contributed by atoms with van der Waals surface area (Å²) >= 11 is 1.69. The standard InChI is InChI=1S/C13H17N5OS/c1-8-9(2)20-12-10(8)11(16-7-17-12)14-3-5-18-6-4-15-13(18)19/h7H,3-6H2,1-2H3,(H,15,19)(H,14,16,17). The molecule has 0 saturated carbocycles. The summed E-state index contributed by atoms with van der Waals surface area (Å²) in [7, 11) is 0. The van der Waals surface area contributed by atoms with Crippen molar-refractivity contribution in [3.05, 3.63) is 16.8 Å². The van der Waals surface area contributed by atoms with E-state index in [1.807, 2.05) is 0 Å². The van der Waals surface area contributed by atoms with Gasteiger partial charge < -0.3 is 15.5 Å². The second kappa shape index (κ2) is 5.24. The van der Waals surface area contributed by atoms with Gasteiger partial charge in [-0.05, 0) is 19.4 Å². The zero-order chi connectivity index (χ0) is 14.1. The zero-order valence-corrected chi connectivity index (χ0v) is 12.4. The molecular formula is C13H17N5OS. The van der Waals surface area contributed by atoms with Crippen LogP contribution in [0.25, 0.3) is 10.2 Å². The zero-order valence-electron chi connectivity index (χ0n) is 11.6. The molecule has 0 aromatic carbocycles. The lowest BCUT2D eigenvalue weighted by Crippen LogP contribution is -2.32. The summed E-state index contributed by atoms with van der Waals surface area (Å²) in [5, 5.41) is 7.22. The maximum Gasteiger partial charge on any atom is 0.317 e. The lowest BCUT2D eigenvalue weighted by molar-refractivity contribution is 0.219. The lowest BCUT2D eigenvalue weighted by atomic mass is 10.2. The first-order chi connectivity index (χ1) is 9.66. The summed E-state index contributed by atoms with van der Waals surface area (Å²) in [4.78, 5) is 24.2. The number of thiophene rings is 1. The van der Waals surface area contributed by atoms with Crippen molar-refractivity contribution < 1.29 is 4.79 Å². The minimum Gasteiger partial charge on any atom is -0.368 e. The van der Waals surface area contributed by atoms with Gasteiger partial charge in [-0.25, -0.2) is 14.8 Å². The number of nitrogens with one attached hydrogen (secondary N) is 2. The van der Waals surface area contributed by atoms with Gasteiger partial charge in [0.05, 0.1) is 5.39 Å². The molecule has 0 bridgehead atoms. The fourth-order valence-corrected chi connectivity index (χ4v) is 3.35. The summed E-state index contributed by atoms with van der Waals surface area (Å²) in [6.45, 7) is 7.07. The summed E-state index contributed by atoms with van der Waals surface area (Å²) in [6, 6.07) is 0.0159. The van der Waals surface area contributed by atoms with E-state index in [0.29, 0.717) is 13.1 Å². The van der Waals surface area contributed by atoms with Crippen molar-refractivity contribution in [1.82, 2.24) is 20.2 Å². The third-order valence-electron chi connectivity index (χ3n) is 3.58. The van der Waals surface area contributed by atoms with Crippen LogP contribution in [0.2, 0.25) is 0 Å². The third-order valence-corrected chi connectivity index (χ3v) is 4.70. The topological polar surface area (TPSA) is 70.2 Å². The lowest BCUT2D eigenvalue weighted by Gasteiger charge is -2.14. The molecule has 1 aliphatic rings. The van der Waals surface area contributed by atoms with Gasteiger partial charge in [0.1, 0.15) is 17.0 Å². The van der Waals surface area contributed by atoms with Crippen molar-refractivity contribution in [2.75, 3.05) is 31.5 Å². The molecule has 1 aliphatic heterocycles. The van der Waals surface area contributed by atoms with E-state index in [-0.39, 0.29) is 6.03 Å². The highest BCUT2D eigenvalue weighted by atomic mass is 32.1. The van der Waals surface area contributed by atoms with E-state index in [2.05, 4.69) is 34.4 Å². The molecule has 2 N–H and O–H groups in total. The fourth-order valence-electron chi connectivity index (χ4n) is 2.35. The van der Waals surface area contributed by atoms with Crippen LogP contribution in [-0.2, 0) is 0 Å². The van der Waals surface area contributed by atoms with Crippen LogP contribution < -0.4 is 10.6 Å². The van der Waals surface area contributed by atoms with Gasteiger partial charge in [-0.2, -0.15) is 0 Å². The van der Waals surface area contributed by atoms with Crippen LogP contribution in [0.1, 0.15) is 10.4 Å². The Morgan fingerprint density at radius 3 is 3.05 bits per heavy atom. The van der Waals surface area contributed by atoms with Crippen LogP contribution >= 0.6 is 11.3 Å². The molecule has 2 aromatic heterocycles. The first kappa shape index (κ1) is 13.1. The Hall–Kier alpha value is -1.89. The van der Waals surface area contributed by atoms with E-state index in [1.54, 1.807) is 22.6 Å². The highest BCUT2D eigenvalue weighted by molar-refractivity contribution is 7.18. The summed E-state index contributed by atoms with van der Waals surface area (Å²) < 4.78 is 0. The number of anilines is 1. The number of hydrogen-bond donors (Lipinski definition) is 2. The minimum atomic E-state index is 0.0159. The Bertz CT molecular complexity index is 653. The number of rotatable bonds is 4. The Kier molecular flexibility index (Phi) is 3.43. The maximum atomic E-state index is 11.4. The summed E-state index contributed by atoms with van der Waals surface area (Å²) in [6.07, 6.45) is 1.59. The van der Waals surface area contributed by atoms with Crippen LogP contribution in [0.4, 0.5) is 10.6 Å². The van der Waals surface area contributed by atoms with Crippen LogP contribution in [0.3, 0.4) is 0 Å². The molecule has 0 unspecified atom stereocenters. The van der Waals surface area contributed by atoms with Crippen molar-refractivity contribution in [1.29, 1.82) is 0 Å². The number of carbonyl (C=O) groups is 1. The van der Waals surface area contributed by atoms with Crippen LogP contribution in [-0.4, -0.2) is 47.1 Å². The highest BCUT2D eigenvalue weighted by Gasteiger charge is 2.18. The molecule has 0 spiro atoms. The second-order valence-corrected chi connectivity index (χ2v) is 6.03. The van der Waals surface area contributed by atoms with E-state index in [4.69, 9.17) is 0 Å². The van der Waals surface area contributed by atoms with Gasteiger partial charge in [0.25, 0.3) is 0 Å². The Balaban J connectivity index is 1.73. The van der Waals surface area contributed by atoms with Crippen LogP contribution in [0, 0.1) is 13.8 Å². The van der Waals surface area contributed by atoms with E-state index in [1.165, 1.54) is 10.4 Å². The molecule has 3 rings (SSSR count). The predicted octanol–water partition coefficient (Wildman–Crippen LogP) is 1.75. The number of carbonyl (C=O) groups excluding carboxylic acids is 1. The van der Waals surface area contributed by atoms with Gasteiger partial charge in [0.2, 0.25) is 0 Å². The van der Waals surface area contributed by atoms with Crippen molar-refractivity contribution in [3.63, 3.8) is 0 Å². The molecule has 20 heavy (non-hydrogen) atoms. The molecule has 7 heteroatoms. The van der Waals surface area contributed by atoms with E-state index >= 15 is 0 Å². The molecule has 3 heterocycles. The van der Waals surface area contributed by atoms with Crippen molar-refractivity contribution in [2.24, 2.45) is 0 Å². The molecule has 0 atom stereocenters. The average Bonchev–Trinajstić information content (AvgIpc) is 2.96. The fraction of sp³-hybridized carbons (Fsp3) is 0.462. The van der Waals surface area contributed by atoms with E-state index in [9.17, 15) is 4.79 Å². The average molecular weight is 291 g/mol. The summed E-state index contributed by atoms with van der Waals surface area (Å²) in [5.74, 6) is 0.858. The molecule has 0 radical (unpaired) electrons. The minimum absolute atomic E-state index is 0.0159. The SMILES string of the molecule is Cc1sc2ncnc(NCCN3CCNC3=O)c2c1C. The van der Waals surface area contributed by atoms with Crippen molar-refractivity contribution in [2.45, 2.75) is 13.8 Å². The van der Waals surface area contributed by atoms with E-state index < -0.39 is 0 Å². The molecule has 6 nitrogen and oxygen atoms in total. The van der Waals surface area contributed by atoms with Gasteiger partial charge in [0.15, 0.2) is 0 Å². The number of aromatic nitrogens is 2. The Morgan fingerprint density at radius 2 is 2.30 bits per heavy atom. The maximum absolute atomic E-state index is 11.4. The van der Waals surface area contributed by atoms with Crippen LogP contribution in [0.5, 0.6) is 0 Å². The Morgan fingerprint density at radius 1 is 1.45 bits per heavy atom. The van der Waals surface area contributed by atoms with Gasteiger partial charge in [0, 0.05) is 31.1 Å². The first-order valence-electron chi connectivity index (χ1n) is 6.64. The normalized spacial score (nSPS) is 14.9. The Labute approximate surface area is 121 Å². The number of hydrogen-bond acceptors (Lipinski definition) is 5. The van der Waals surface area contributed by atoms with Crippen LogP contribution in [0.15, 0.2) is 6.33 Å².